The molecule has 1 amide bonds. The lowest BCUT2D eigenvalue weighted by Gasteiger charge is -2.44. The first kappa shape index (κ1) is 18.2. The molecule has 1 spiro atoms. The van der Waals surface area contributed by atoms with Crippen LogP contribution in [0, 0.1) is 0 Å². The molecular formula is C18H23ClN2O4. The van der Waals surface area contributed by atoms with Crippen molar-refractivity contribution in [1.82, 2.24) is 9.80 Å². The number of benzene rings is 1. The van der Waals surface area contributed by atoms with Crippen molar-refractivity contribution < 1.29 is 19.4 Å². The molecule has 0 saturated carbocycles. The standard InChI is InChI=1S/C18H23ClN2O4/c1-2-9-20-10-7-18(8-11-20)21(15(12-25-18)17(23)24)16(22)13-5-3-4-6-14(13)19/h3-6,15H,2,7-12H2,1H3,(H,23,24). The Bertz CT molecular complexity index is 658. The second kappa shape index (κ2) is 7.32. The lowest BCUT2D eigenvalue weighted by atomic mass is 9.96. The summed E-state index contributed by atoms with van der Waals surface area (Å²) in [5.74, 6) is -1.42. The SMILES string of the molecule is CCCN1CCC2(CC1)OCC(C(=O)O)N2C(=O)c1ccccc1Cl. The molecule has 0 aromatic heterocycles. The van der Waals surface area contributed by atoms with E-state index in [0.717, 1.165) is 26.1 Å². The van der Waals surface area contributed by atoms with E-state index in [-0.39, 0.29) is 12.5 Å². The number of carboxylic acids is 1. The van der Waals surface area contributed by atoms with E-state index in [2.05, 4.69) is 11.8 Å². The van der Waals surface area contributed by atoms with Gasteiger partial charge in [-0.1, -0.05) is 30.7 Å². The lowest BCUT2D eigenvalue weighted by Crippen LogP contribution is -2.58. The van der Waals surface area contributed by atoms with Crippen molar-refractivity contribution in [2.45, 2.75) is 38.0 Å². The fourth-order valence-electron chi connectivity index (χ4n) is 3.76. The Hall–Kier alpha value is -1.63. The maximum absolute atomic E-state index is 13.1. The van der Waals surface area contributed by atoms with Gasteiger partial charge in [-0.25, -0.2) is 4.79 Å². The van der Waals surface area contributed by atoms with Crippen LogP contribution in [0.4, 0.5) is 0 Å². The first-order chi connectivity index (χ1) is 12.0. The normalized spacial score (nSPS) is 23.1. The predicted molar refractivity (Wildman–Crippen MR) is 93.7 cm³/mol. The van der Waals surface area contributed by atoms with E-state index in [9.17, 15) is 14.7 Å². The van der Waals surface area contributed by atoms with Gasteiger partial charge in [0.05, 0.1) is 17.2 Å². The number of rotatable bonds is 4. The van der Waals surface area contributed by atoms with Crippen LogP contribution >= 0.6 is 11.6 Å². The molecule has 6 nitrogen and oxygen atoms in total. The quantitative estimate of drug-likeness (QED) is 0.886. The number of carbonyl (C=O) groups is 2. The summed E-state index contributed by atoms with van der Waals surface area (Å²) in [6.45, 7) is 4.71. The molecule has 7 heteroatoms. The molecule has 0 bridgehead atoms. The van der Waals surface area contributed by atoms with Crippen LogP contribution < -0.4 is 0 Å². The summed E-state index contributed by atoms with van der Waals surface area (Å²) >= 11 is 6.17. The van der Waals surface area contributed by atoms with Gasteiger partial charge in [0.1, 0.15) is 5.72 Å². The van der Waals surface area contributed by atoms with Crippen molar-refractivity contribution >= 4 is 23.5 Å². The largest absolute Gasteiger partial charge is 0.480 e. The van der Waals surface area contributed by atoms with Crippen molar-refractivity contribution in [3.8, 4) is 0 Å². The molecule has 1 aromatic rings. The van der Waals surface area contributed by atoms with Crippen LogP contribution in [0.25, 0.3) is 0 Å². The van der Waals surface area contributed by atoms with Crippen LogP contribution in [-0.2, 0) is 9.53 Å². The molecule has 25 heavy (non-hydrogen) atoms. The minimum atomic E-state index is -1.05. The Balaban J connectivity index is 1.90. The van der Waals surface area contributed by atoms with E-state index in [4.69, 9.17) is 16.3 Å². The minimum absolute atomic E-state index is 0.0132. The molecule has 2 aliphatic heterocycles. The predicted octanol–water partition coefficient (Wildman–Crippen LogP) is 2.47. The topological polar surface area (TPSA) is 70.1 Å². The highest BCUT2D eigenvalue weighted by Crippen LogP contribution is 2.39. The second-order valence-corrected chi connectivity index (χ2v) is 7.02. The van der Waals surface area contributed by atoms with Crippen molar-refractivity contribution in [2.75, 3.05) is 26.2 Å². The average Bonchev–Trinajstić information content (AvgIpc) is 2.96. The number of nitrogens with zero attached hydrogens (tertiary/aromatic N) is 2. The average molecular weight is 367 g/mol. The Kier molecular flexibility index (Phi) is 5.32. The molecule has 0 aliphatic carbocycles. The summed E-state index contributed by atoms with van der Waals surface area (Å²) in [5, 5.41) is 9.90. The number of ether oxygens (including phenoxy) is 1. The van der Waals surface area contributed by atoms with Gasteiger partial charge < -0.3 is 14.7 Å². The summed E-state index contributed by atoms with van der Waals surface area (Å²) in [7, 11) is 0. The summed E-state index contributed by atoms with van der Waals surface area (Å²) < 4.78 is 5.93. The highest BCUT2D eigenvalue weighted by atomic mass is 35.5. The first-order valence-electron chi connectivity index (χ1n) is 8.66. The van der Waals surface area contributed by atoms with Crippen molar-refractivity contribution in [3.63, 3.8) is 0 Å². The van der Waals surface area contributed by atoms with Gasteiger partial charge in [0.25, 0.3) is 5.91 Å². The number of halogens is 1. The Morgan fingerprint density at radius 3 is 2.60 bits per heavy atom. The van der Waals surface area contributed by atoms with Crippen LogP contribution in [0.2, 0.25) is 5.02 Å². The summed E-state index contributed by atoms with van der Waals surface area (Å²) in [4.78, 5) is 28.6. The van der Waals surface area contributed by atoms with Gasteiger partial charge in [-0.05, 0) is 25.1 Å². The zero-order valence-electron chi connectivity index (χ0n) is 14.3. The summed E-state index contributed by atoms with van der Waals surface area (Å²) in [5.41, 5.74) is -0.542. The zero-order valence-corrected chi connectivity index (χ0v) is 15.0. The molecule has 0 radical (unpaired) electrons. The van der Waals surface area contributed by atoms with E-state index in [1.54, 1.807) is 24.3 Å². The number of aliphatic carboxylic acids is 1. The van der Waals surface area contributed by atoms with Crippen LogP contribution in [0.15, 0.2) is 24.3 Å². The number of carbonyl (C=O) groups excluding carboxylic acids is 1. The second-order valence-electron chi connectivity index (χ2n) is 6.61. The van der Waals surface area contributed by atoms with Crippen LogP contribution in [0.5, 0.6) is 0 Å². The van der Waals surface area contributed by atoms with E-state index in [1.165, 1.54) is 4.90 Å². The molecule has 2 fully saturated rings. The van der Waals surface area contributed by atoms with Gasteiger partial charge in [0.2, 0.25) is 0 Å². The van der Waals surface area contributed by atoms with Gasteiger partial charge in [0.15, 0.2) is 6.04 Å². The number of piperidine rings is 1. The third kappa shape index (κ3) is 3.38. The van der Waals surface area contributed by atoms with Crippen molar-refractivity contribution in [3.05, 3.63) is 34.9 Å². The van der Waals surface area contributed by atoms with E-state index < -0.39 is 17.7 Å². The number of hydrogen-bond donors (Lipinski definition) is 1. The molecule has 1 unspecified atom stereocenters. The van der Waals surface area contributed by atoms with Gasteiger partial charge in [-0.2, -0.15) is 0 Å². The molecule has 1 N–H and O–H groups in total. The Morgan fingerprint density at radius 1 is 1.32 bits per heavy atom. The lowest BCUT2D eigenvalue weighted by molar-refractivity contribution is -0.143. The maximum Gasteiger partial charge on any atom is 0.328 e. The van der Waals surface area contributed by atoms with Crippen LogP contribution in [-0.4, -0.2) is 64.8 Å². The smallest absolute Gasteiger partial charge is 0.328 e. The van der Waals surface area contributed by atoms with Gasteiger partial charge in [-0.3, -0.25) is 9.69 Å². The molecule has 1 atom stereocenters. The van der Waals surface area contributed by atoms with Crippen LogP contribution in [0.1, 0.15) is 36.5 Å². The maximum atomic E-state index is 13.1. The highest BCUT2D eigenvalue weighted by Gasteiger charge is 2.54. The van der Waals surface area contributed by atoms with Gasteiger partial charge >= 0.3 is 5.97 Å². The number of carboxylic acid groups (broad SMARTS) is 1. The molecular weight excluding hydrogens is 344 g/mol. The van der Waals surface area contributed by atoms with Crippen LogP contribution in [0.3, 0.4) is 0 Å². The van der Waals surface area contributed by atoms with E-state index in [1.807, 2.05) is 0 Å². The third-order valence-corrected chi connectivity index (χ3v) is 5.38. The summed E-state index contributed by atoms with van der Waals surface area (Å²) in [6.07, 6.45) is 2.27. The number of likely N-dealkylation sites (tertiary alicyclic amines) is 1. The monoisotopic (exact) mass is 366 g/mol. The van der Waals surface area contributed by atoms with Crippen molar-refractivity contribution in [1.29, 1.82) is 0 Å². The fourth-order valence-corrected chi connectivity index (χ4v) is 3.98. The zero-order chi connectivity index (χ0) is 18.0. The van der Waals surface area contributed by atoms with E-state index >= 15 is 0 Å². The minimum Gasteiger partial charge on any atom is -0.480 e. The van der Waals surface area contributed by atoms with Gasteiger partial charge in [-0.15, -0.1) is 0 Å². The summed E-state index contributed by atoms with van der Waals surface area (Å²) in [6, 6.07) is 5.75. The number of amides is 1. The number of hydrogen-bond acceptors (Lipinski definition) is 4. The molecule has 2 heterocycles. The Morgan fingerprint density at radius 2 is 2.00 bits per heavy atom. The molecule has 2 aliphatic rings. The molecule has 136 valence electrons. The fraction of sp³-hybridized carbons (Fsp3) is 0.556. The third-order valence-electron chi connectivity index (χ3n) is 5.05. The van der Waals surface area contributed by atoms with Crippen molar-refractivity contribution in [2.24, 2.45) is 0 Å². The molecule has 2 saturated heterocycles. The first-order valence-corrected chi connectivity index (χ1v) is 9.03. The molecule has 3 rings (SSSR count). The molecule has 1 aromatic carbocycles. The van der Waals surface area contributed by atoms with Gasteiger partial charge in [0, 0.05) is 25.9 Å². The van der Waals surface area contributed by atoms with E-state index in [0.29, 0.717) is 23.4 Å². The highest BCUT2D eigenvalue weighted by molar-refractivity contribution is 6.33. The Labute approximate surface area is 152 Å².